The van der Waals surface area contributed by atoms with Gasteiger partial charge >= 0.3 is 0 Å². The highest BCUT2D eigenvalue weighted by molar-refractivity contribution is 5.97. The standard InChI is InChI=1S/C24H33NO3/c1-6-8-14-24(5,28-7-2)23(26)25-21-15-18(3)22(19(4)16-21)27-17-20-12-10-9-11-13-20/h9-13,15-16H,6-8,14,17H2,1-5H3,(H,25,26)/t24-/m1/s1. The Balaban J connectivity index is 2.11. The van der Waals surface area contributed by atoms with Crippen LogP contribution in [0.15, 0.2) is 42.5 Å². The fraction of sp³-hybridized carbons (Fsp3) is 0.458. The zero-order chi connectivity index (χ0) is 20.6. The van der Waals surface area contributed by atoms with Crippen LogP contribution in [0.3, 0.4) is 0 Å². The number of aryl methyl sites for hydroxylation is 2. The lowest BCUT2D eigenvalue weighted by Gasteiger charge is -2.28. The minimum absolute atomic E-state index is 0.0976. The lowest BCUT2D eigenvalue weighted by molar-refractivity contribution is -0.139. The van der Waals surface area contributed by atoms with E-state index in [9.17, 15) is 4.79 Å². The van der Waals surface area contributed by atoms with Crippen LogP contribution in [-0.4, -0.2) is 18.1 Å². The molecule has 0 bridgehead atoms. The maximum atomic E-state index is 12.9. The summed E-state index contributed by atoms with van der Waals surface area (Å²) >= 11 is 0. The zero-order valence-corrected chi connectivity index (χ0v) is 17.8. The van der Waals surface area contributed by atoms with E-state index < -0.39 is 5.60 Å². The quantitative estimate of drug-likeness (QED) is 0.563. The van der Waals surface area contributed by atoms with Crippen molar-refractivity contribution >= 4 is 11.6 Å². The Labute approximate surface area is 169 Å². The number of amides is 1. The van der Waals surface area contributed by atoms with Crippen LogP contribution in [0.1, 0.15) is 56.7 Å². The van der Waals surface area contributed by atoms with Crippen molar-refractivity contribution in [3.05, 3.63) is 59.2 Å². The van der Waals surface area contributed by atoms with E-state index in [1.165, 1.54) is 0 Å². The monoisotopic (exact) mass is 383 g/mol. The molecule has 1 amide bonds. The molecule has 0 fully saturated rings. The van der Waals surface area contributed by atoms with Crippen LogP contribution in [0.2, 0.25) is 0 Å². The minimum atomic E-state index is -0.810. The van der Waals surface area contributed by atoms with Gasteiger partial charge in [-0.05, 0) is 62.9 Å². The molecule has 2 aromatic rings. The second-order valence-corrected chi connectivity index (χ2v) is 7.43. The molecule has 0 unspecified atom stereocenters. The topological polar surface area (TPSA) is 47.6 Å². The smallest absolute Gasteiger partial charge is 0.256 e. The Hall–Kier alpha value is -2.33. The number of hydrogen-bond donors (Lipinski definition) is 1. The van der Waals surface area contributed by atoms with Gasteiger partial charge in [-0.1, -0.05) is 50.1 Å². The number of rotatable bonds is 10. The van der Waals surface area contributed by atoms with E-state index in [2.05, 4.69) is 12.2 Å². The van der Waals surface area contributed by atoms with Crippen molar-refractivity contribution in [3.63, 3.8) is 0 Å². The first kappa shape index (κ1) is 22.0. The molecular weight excluding hydrogens is 350 g/mol. The highest BCUT2D eigenvalue weighted by Gasteiger charge is 2.33. The van der Waals surface area contributed by atoms with E-state index in [-0.39, 0.29) is 5.91 Å². The first-order valence-corrected chi connectivity index (χ1v) is 10.1. The molecule has 0 aliphatic heterocycles. The molecule has 0 aliphatic rings. The Bertz CT molecular complexity index is 750. The number of unbranched alkanes of at least 4 members (excludes halogenated alkanes) is 1. The largest absolute Gasteiger partial charge is 0.488 e. The second-order valence-electron chi connectivity index (χ2n) is 7.43. The van der Waals surface area contributed by atoms with Gasteiger partial charge in [0.15, 0.2) is 0 Å². The molecule has 1 atom stereocenters. The highest BCUT2D eigenvalue weighted by atomic mass is 16.5. The van der Waals surface area contributed by atoms with Gasteiger partial charge in [0.2, 0.25) is 0 Å². The fourth-order valence-corrected chi connectivity index (χ4v) is 3.33. The molecule has 152 valence electrons. The summed E-state index contributed by atoms with van der Waals surface area (Å²) < 4.78 is 11.8. The predicted molar refractivity (Wildman–Crippen MR) is 115 cm³/mol. The summed E-state index contributed by atoms with van der Waals surface area (Å²) in [7, 11) is 0. The molecule has 2 aromatic carbocycles. The molecule has 0 aromatic heterocycles. The van der Waals surface area contributed by atoms with Crippen LogP contribution in [-0.2, 0) is 16.1 Å². The van der Waals surface area contributed by atoms with E-state index in [1.807, 2.05) is 70.2 Å². The molecule has 0 aliphatic carbocycles. The van der Waals surface area contributed by atoms with Crippen LogP contribution in [0.4, 0.5) is 5.69 Å². The van der Waals surface area contributed by atoms with Crippen molar-refractivity contribution in [2.24, 2.45) is 0 Å². The van der Waals surface area contributed by atoms with E-state index >= 15 is 0 Å². The Morgan fingerprint density at radius 2 is 1.71 bits per heavy atom. The predicted octanol–water partition coefficient (Wildman–Crippen LogP) is 5.81. The number of carbonyl (C=O) groups is 1. The van der Waals surface area contributed by atoms with Crippen molar-refractivity contribution in [1.29, 1.82) is 0 Å². The third-order valence-electron chi connectivity index (χ3n) is 4.89. The van der Waals surface area contributed by atoms with Gasteiger partial charge < -0.3 is 14.8 Å². The average molecular weight is 384 g/mol. The van der Waals surface area contributed by atoms with Gasteiger partial charge in [-0.25, -0.2) is 0 Å². The summed E-state index contributed by atoms with van der Waals surface area (Å²) in [5.41, 5.74) is 3.09. The molecule has 1 N–H and O–H groups in total. The third kappa shape index (κ3) is 5.83. The van der Waals surface area contributed by atoms with E-state index in [0.29, 0.717) is 19.6 Å². The second kappa shape index (κ2) is 10.3. The first-order chi connectivity index (χ1) is 13.4. The lowest BCUT2D eigenvalue weighted by Crippen LogP contribution is -2.42. The van der Waals surface area contributed by atoms with Gasteiger partial charge in [0.05, 0.1) is 0 Å². The van der Waals surface area contributed by atoms with E-state index in [4.69, 9.17) is 9.47 Å². The van der Waals surface area contributed by atoms with Gasteiger partial charge in [0.1, 0.15) is 18.0 Å². The molecule has 0 saturated carbocycles. The van der Waals surface area contributed by atoms with Crippen molar-refractivity contribution < 1.29 is 14.3 Å². The van der Waals surface area contributed by atoms with Crippen LogP contribution >= 0.6 is 0 Å². The number of anilines is 1. The van der Waals surface area contributed by atoms with Gasteiger partial charge in [0.25, 0.3) is 5.91 Å². The normalized spacial score (nSPS) is 13.0. The van der Waals surface area contributed by atoms with Crippen molar-refractivity contribution in [1.82, 2.24) is 0 Å². The summed E-state index contributed by atoms with van der Waals surface area (Å²) in [5.74, 6) is 0.764. The summed E-state index contributed by atoms with van der Waals surface area (Å²) in [6.45, 7) is 10.9. The van der Waals surface area contributed by atoms with E-state index in [0.717, 1.165) is 41.0 Å². The van der Waals surface area contributed by atoms with Crippen LogP contribution < -0.4 is 10.1 Å². The number of hydrogen-bond acceptors (Lipinski definition) is 3. The molecule has 28 heavy (non-hydrogen) atoms. The third-order valence-corrected chi connectivity index (χ3v) is 4.89. The molecule has 0 spiro atoms. The van der Waals surface area contributed by atoms with Crippen molar-refractivity contribution in [2.45, 2.75) is 66.1 Å². The van der Waals surface area contributed by atoms with Gasteiger partial charge in [0, 0.05) is 12.3 Å². The maximum absolute atomic E-state index is 12.9. The number of benzene rings is 2. The average Bonchev–Trinajstić information content (AvgIpc) is 2.66. The first-order valence-electron chi connectivity index (χ1n) is 10.1. The summed E-state index contributed by atoms with van der Waals surface area (Å²) in [6.07, 6.45) is 2.69. The summed E-state index contributed by atoms with van der Waals surface area (Å²) in [4.78, 5) is 12.9. The number of ether oxygens (including phenoxy) is 2. The summed E-state index contributed by atoms with van der Waals surface area (Å²) in [5, 5.41) is 3.04. The maximum Gasteiger partial charge on any atom is 0.256 e. The number of nitrogens with one attached hydrogen (secondary N) is 1. The van der Waals surface area contributed by atoms with Gasteiger partial charge in [-0.2, -0.15) is 0 Å². The Kier molecular flexibility index (Phi) is 8.06. The van der Waals surface area contributed by atoms with Crippen molar-refractivity contribution in [2.75, 3.05) is 11.9 Å². The molecule has 4 heteroatoms. The van der Waals surface area contributed by atoms with Crippen LogP contribution in [0.25, 0.3) is 0 Å². The number of carbonyl (C=O) groups excluding carboxylic acids is 1. The lowest BCUT2D eigenvalue weighted by atomic mass is 9.97. The van der Waals surface area contributed by atoms with Gasteiger partial charge in [-0.15, -0.1) is 0 Å². The van der Waals surface area contributed by atoms with E-state index in [1.54, 1.807) is 0 Å². The molecular formula is C24H33NO3. The molecule has 0 heterocycles. The zero-order valence-electron chi connectivity index (χ0n) is 17.8. The van der Waals surface area contributed by atoms with Crippen LogP contribution in [0.5, 0.6) is 5.75 Å². The Morgan fingerprint density at radius 3 is 2.29 bits per heavy atom. The fourth-order valence-electron chi connectivity index (χ4n) is 3.33. The minimum Gasteiger partial charge on any atom is -0.488 e. The van der Waals surface area contributed by atoms with Crippen LogP contribution in [0, 0.1) is 13.8 Å². The SMILES string of the molecule is CCCC[C@@](C)(OCC)C(=O)Nc1cc(C)c(OCc2ccccc2)c(C)c1. The highest BCUT2D eigenvalue weighted by Crippen LogP contribution is 2.29. The Morgan fingerprint density at radius 1 is 1.07 bits per heavy atom. The molecule has 0 saturated heterocycles. The molecule has 0 radical (unpaired) electrons. The summed E-state index contributed by atoms with van der Waals surface area (Å²) in [6, 6.07) is 14.0. The molecule has 4 nitrogen and oxygen atoms in total. The van der Waals surface area contributed by atoms with Crippen molar-refractivity contribution in [3.8, 4) is 5.75 Å². The molecule has 2 rings (SSSR count). The van der Waals surface area contributed by atoms with Gasteiger partial charge in [-0.3, -0.25) is 4.79 Å².